The van der Waals surface area contributed by atoms with Gasteiger partial charge in [0.25, 0.3) is 5.88 Å². The molecule has 6 heteroatoms. The second-order valence-electron chi connectivity index (χ2n) is 2.55. The maximum atomic E-state index is 5.46. The number of ether oxygens (including phenoxy) is 2. The van der Waals surface area contributed by atoms with Crippen LogP contribution in [-0.4, -0.2) is 35.7 Å². The zero-order chi connectivity index (χ0) is 9.97. The van der Waals surface area contributed by atoms with Crippen molar-refractivity contribution >= 4 is 23.5 Å². The molecule has 2 rings (SSSR count). The van der Waals surface area contributed by atoms with E-state index < -0.39 is 0 Å². The lowest BCUT2D eigenvalue weighted by Crippen LogP contribution is -2.17. The van der Waals surface area contributed by atoms with E-state index in [9.17, 15) is 0 Å². The van der Waals surface area contributed by atoms with Crippen molar-refractivity contribution in [1.29, 1.82) is 0 Å². The van der Waals surface area contributed by atoms with Crippen LogP contribution < -0.4 is 9.47 Å². The summed E-state index contributed by atoms with van der Waals surface area (Å²) in [5.41, 5.74) is 0. The molecule has 0 aromatic carbocycles. The van der Waals surface area contributed by atoms with Crippen LogP contribution in [0.5, 0.6) is 11.6 Å². The molecule has 0 atom stereocenters. The third-order valence-corrected chi connectivity index (χ3v) is 2.94. The zero-order valence-corrected chi connectivity index (χ0v) is 9.57. The topological polar surface area (TPSA) is 44.2 Å². The van der Waals surface area contributed by atoms with E-state index in [1.165, 1.54) is 11.8 Å². The van der Waals surface area contributed by atoms with Gasteiger partial charge in [0.15, 0.2) is 5.16 Å². The minimum atomic E-state index is 0.561. The lowest BCUT2D eigenvalue weighted by atomic mass is 10.5. The number of hydrogen-bond acceptors (Lipinski definition) is 6. The van der Waals surface area contributed by atoms with E-state index in [4.69, 9.17) is 9.47 Å². The van der Waals surface area contributed by atoms with Crippen LogP contribution >= 0.6 is 23.5 Å². The van der Waals surface area contributed by atoms with Crippen molar-refractivity contribution in [3.63, 3.8) is 0 Å². The van der Waals surface area contributed by atoms with Crippen LogP contribution in [0, 0.1) is 0 Å². The number of thioether (sulfide) groups is 2. The molecule has 0 fully saturated rings. The molecule has 0 spiro atoms. The smallest absolute Gasteiger partial charge is 0.262 e. The molecular weight excluding hydrogens is 220 g/mol. The molecule has 14 heavy (non-hydrogen) atoms. The van der Waals surface area contributed by atoms with Crippen LogP contribution in [-0.2, 0) is 0 Å². The maximum Gasteiger partial charge on any atom is 0.262 e. The second kappa shape index (κ2) is 4.27. The van der Waals surface area contributed by atoms with Crippen molar-refractivity contribution in [3.8, 4) is 11.6 Å². The fourth-order valence-electron chi connectivity index (χ4n) is 1.12. The van der Waals surface area contributed by atoms with Gasteiger partial charge in [-0.15, -0.1) is 11.8 Å². The summed E-state index contributed by atoms with van der Waals surface area (Å²) in [6, 6.07) is 0. The molecule has 76 valence electrons. The van der Waals surface area contributed by atoms with E-state index in [0.717, 1.165) is 10.2 Å². The minimum Gasteiger partial charge on any atom is -0.482 e. The van der Waals surface area contributed by atoms with Crippen molar-refractivity contribution in [2.75, 3.05) is 25.7 Å². The molecule has 0 unspecified atom stereocenters. The minimum absolute atomic E-state index is 0.561. The number of rotatable bonds is 2. The third-order valence-electron chi connectivity index (χ3n) is 1.73. The predicted octanol–water partition coefficient (Wildman–Crippen LogP) is 1.69. The summed E-state index contributed by atoms with van der Waals surface area (Å²) in [4.78, 5) is 8.56. The van der Waals surface area contributed by atoms with E-state index in [1.54, 1.807) is 11.8 Å². The van der Waals surface area contributed by atoms with Gasteiger partial charge in [0, 0.05) is 0 Å². The molecule has 0 saturated carbocycles. The molecule has 0 aliphatic carbocycles. The largest absolute Gasteiger partial charge is 0.482 e. The number of hydrogen-bond donors (Lipinski definition) is 0. The lowest BCUT2D eigenvalue weighted by Gasteiger charge is -2.18. The normalized spacial score (nSPS) is 14.1. The summed E-state index contributed by atoms with van der Waals surface area (Å²) in [5, 5.41) is 1.57. The summed E-state index contributed by atoms with van der Waals surface area (Å²) in [5.74, 6) is 1.25. The van der Waals surface area contributed by atoms with Crippen LogP contribution in [0.15, 0.2) is 10.2 Å². The van der Waals surface area contributed by atoms with Gasteiger partial charge >= 0.3 is 0 Å². The Balaban J connectivity index is 2.47. The molecule has 0 saturated heterocycles. The van der Waals surface area contributed by atoms with Gasteiger partial charge in [-0.3, -0.25) is 0 Å². The second-order valence-corrected chi connectivity index (χ2v) is 4.12. The molecule has 1 aromatic heterocycles. The Labute approximate surface area is 90.8 Å². The molecule has 0 bridgehead atoms. The molecule has 0 radical (unpaired) electrons. The highest BCUT2D eigenvalue weighted by Gasteiger charge is 2.19. The van der Waals surface area contributed by atoms with Crippen LogP contribution in [0.3, 0.4) is 0 Å². The number of aromatic nitrogens is 2. The van der Waals surface area contributed by atoms with Crippen molar-refractivity contribution < 1.29 is 9.47 Å². The molecule has 0 N–H and O–H groups in total. The van der Waals surface area contributed by atoms with Crippen molar-refractivity contribution in [3.05, 3.63) is 0 Å². The van der Waals surface area contributed by atoms with Gasteiger partial charge in [0.1, 0.15) is 18.2 Å². The fraction of sp³-hybridized carbons (Fsp3) is 0.500. The first-order valence-corrected chi connectivity index (χ1v) is 6.55. The quantitative estimate of drug-likeness (QED) is 0.437. The fourth-order valence-corrected chi connectivity index (χ4v) is 2.05. The Kier molecular flexibility index (Phi) is 3.02. The van der Waals surface area contributed by atoms with Gasteiger partial charge in [0.05, 0.1) is 0 Å². The van der Waals surface area contributed by atoms with Crippen LogP contribution in [0.25, 0.3) is 0 Å². The predicted molar refractivity (Wildman–Crippen MR) is 56.6 cm³/mol. The van der Waals surface area contributed by atoms with Crippen LogP contribution in [0.4, 0.5) is 0 Å². The van der Waals surface area contributed by atoms with Gasteiger partial charge in [-0.2, -0.15) is 4.98 Å². The average molecular weight is 230 g/mol. The first-order chi connectivity index (χ1) is 6.85. The van der Waals surface area contributed by atoms with Crippen molar-refractivity contribution in [2.24, 2.45) is 0 Å². The lowest BCUT2D eigenvalue weighted by molar-refractivity contribution is 0.156. The Morgan fingerprint density at radius 1 is 1.07 bits per heavy atom. The van der Waals surface area contributed by atoms with E-state index in [-0.39, 0.29) is 0 Å². The Bertz CT molecular complexity index is 329. The molecule has 1 aliphatic heterocycles. The molecule has 4 nitrogen and oxygen atoms in total. The highest BCUT2D eigenvalue weighted by molar-refractivity contribution is 7.99. The SMILES string of the molecule is CSc1nc2c(c(SC)n1)OCCO2. The Morgan fingerprint density at radius 3 is 2.57 bits per heavy atom. The summed E-state index contributed by atoms with van der Waals surface area (Å²) in [6.45, 7) is 1.13. The van der Waals surface area contributed by atoms with E-state index in [0.29, 0.717) is 24.8 Å². The van der Waals surface area contributed by atoms with Gasteiger partial charge in [0.2, 0.25) is 5.75 Å². The Hall–Kier alpha value is -0.620. The van der Waals surface area contributed by atoms with Crippen LogP contribution in [0.1, 0.15) is 0 Å². The monoisotopic (exact) mass is 230 g/mol. The number of fused-ring (bicyclic) bond motifs is 1. The van der Waals surface area contributed by atoms with Crippen molar-refractivity contribution in [1.82, 2.24) is 9.97 Å². The maximum absolute atomic E-state index is 5.46. The van der Waals surface area contributed by atoms with E-state index in [2.05, 4.69) is 9.97 Å². The van der Waals surface area contributed by atoms with Crippen molar-refractivity contribution in [2.45, 2.75) is 10.2 Å². The zero-order valence-electron chi connectivity index (χ0n) is 7.94. The highest BCUT2D eigenvalue weighted by Crippen LogP contribution is 2.36. The summed E-state index contributed by atoms with van der Waals surface area (Å²) >= 11 is 3.04. The summed E-state index contributed by atoms with van der Waals surface area (Å²) in [6.07, 6.45) is 3.90. The average Bonchev–Trinajstić information content (AvgIpc) is 2.27. The van der Waals surface area contributed by atoms with E-state index in [1.807, 2.05) is 12.5 Å². The highest BCUT2D eigenvalue weighted by atomic mass is 32.2. The molecule has 2 heterocycles. The van der Waals surface area contributed by atoms with E-state index >= 15 is 0 Å². The Morgan fingerprint density at radius 2 is 1.86 bits per heavy atom. The standard InChI is InChI=1S/C8H10N2O2S2/c1-13-7-5-6(12-4-3-11-5)9-8(10-7)14-2/h3-4H2,1-2H3. The molecular formula is C8H10N2O2S2. The summed E-state index contributed by atoms with van der Waals surface area (Å²) < 4.78 is 10.9. The van der Waals surface area contributed by atoms with Gasteiger partial charge in [-0.1, -0.05) is 11.8 Å². The molecule has 1 aromatic rings. The molecule has 1 aliphatic rings. The van der Waals surface area contributed by atoms with Gasteiger partial charge in [-0.25, -0.2) is 4.98 Å². The third kappa shape index (κ3) is 1.76. The van der Waals surface area contributed by atoms with Gasteiger partial charge in [-0.05, 0) is 12.5 Å². The molecule has 0 amide bonds. The first-order valence-electron chi connectivity index (χ1n) is 4.10. The van der Waals surface area contributed by atoms with Crippen LogP contribution in [0.2, 0.25) is 0 Å². The summed E-state index contributed by atoms with van der Waals surface area (Å²) in [7, 11) is 0. The number of nitrogens with zero attached hydrogens (tertiary/aromatic N) is 2. The first kappa shape index (κ1) is 9.92. The van der Waals surface area contributed by atoms with Gasteiger partial charge < -0.3 is 9.47 Å².